The van der Waals surface area contributed by atoms with Crippen LogP contribution in [0.25, 0.3) is 0 Å². The lowest BCUT2D eigenvalue weighted by molar-refractivity contribution is -0.201. The summed E-state index contributed by atoms with van der Waals surface area (Å²) in [5.41, 5.74) is 1.03. The first-order valence-corrected chi connectivity index (χ1v) is 5.80. The molecule has 0 saturated carbocycles. The minimum absolute atomic E-state index is 0.226. The zero-order chi connectivity index (χ0) is 13.9. The van der Waals surface area contributed by atoms with Gasteiger partial charge in [0.15, 0.2) is 6.10 Å². The average Bonchev–Trinajstić information content (AvgIpc) is 2.27. The first-order valence-electron chi connectivity index (χ1n) is 5.01. The lowest BCUT2D eigenvalue weighted by atomic mass is 10.1. The smallest absolute Gasteiger partial charge is 0.382 e. The number of nitrogens with one attached hydrogen (secondary N) is 1. The molecular formula is C11H11BrF3NO2. The van der Waals surface area contributed by atoms with E-state index in [1.165, 1.54) is 0 Å². The molecular weight excluding hydrogens is 315 g/mol. The van der Waals surface area contributed by atoms with Gasteiger partial charge in [-0.15, -0.1) is 0 Å². The number of rotatable bonds is 3. The van der Waals surface area contributed by atoms with E-state index in [-0.39, 0.29) is 5.56 Å². The molecule has 3 nitrogen and oxygen atoms in total. The largest absolute Gasteiger partial charge is 0.416 e. The van der Waals surface area contributed by atoms with Crippen molar-refractivity contribution in [2.75, 3.05) is 6.54 Å². The van der Waals surface area contributed by atoms with E-state index in [9.17, 15) is 18.0 Å². The summed E-state index contributed by atoms with van der Waals surface area (Å²) in [6, 6.07) is 4.93. The number of alkyl halides is 3. The lowest BCUT2D eigenvalue weighted by Gasteiger charge is -2.15. The maximum atomic E-state index is 12.0. The molecule has 0 spiro atoms. The second-order valence-corrected chi connectivity index (χ2v) is 4.61. The number of aliphatic hydroxyl groups is 1. The van der Waals surface area contributed by atoms with Crippen LogP contribution in [-0.2, 0) is 0 Å². The zero-order valence-electron chi connectivity index (χ0n) is 9.38. The van der Waals surface area contributed by atoms with Gasteiger partial charge in [0.25, 0.3) is 5.91 Å². The Kier molecular flexibility index (Phi) is 4.75. The summed E-state index contributed by atoms with van der Waals surface area (Å²) >= 11 is 3.13. The number of amides is 1. The van der Waals surface area contributed by atoms with Gasteiger partial charge in [0.1, 0.15) is 0 Å². The van der Waals surface area contributed by atoms with Gasteiger partial charge in [-0.2, -0.15) is 13.2 Å². The van der Waals surface area contributed by atoms with E-state index < -0.39 is 24.7 Å². The van der Waals surface area contributed by atoms with Gasteiger partial charge in [-0.25, -0.2) is 0 Å². The first-order chi connectivity index (χ1) is 8.21. The van der Waals surface area contributed by atoms with Crippen LogP contribution < -0.4 is 5.32 Å². The maximum absolute atomic E-state index is 12.0. The Hall–Kier alpha value is -1.08. The number of aliphatic hydroxyl groups excluding tert-OH is 1. The monoisotopic (exact) mass is 325 g/mol. The van der Waals surface area contributed by atoms with Gasteiger partial charge in [0, 0.05) is 4.47 Å². The summed E-state index contributed by atoms with van der Waals surface area (Å²) in [5, 5.41) is 10.8. The van der Waals surface area contributed by atoms with Crippen molar-refractivity contribution >= 4 is 21.8 Å². The van der Waals surface area contributed by atoms with Crippen LogP contribution in [0.2, 0.25) is 0 Å². The van der Waals surface area contributed by atoms with Crippen molar-refractivity contribution in [2.24, 2.45) is 0 Å². The van der Waals surface area contributed by atoms with Crippen molar-refractivity contribution < 1.29 is 23.1 Å². The van der Waals surface area contributed by atoms with E-state index in [1.54, 1.807) is 25.1 Å². The minimum Gasteiger partial charge on any atom is -0.382 e. The van der Waals surface area contributed by atoms with Crippen LogP contribution in [0.15, 0.2) is 22.7 Å². The number of aryl methyl sites for hydroxylation is 1. The van der Waals surface area contributed by atoms with Crippen molar-refractivity contribution in [1.82, 2.24) is 5.32 Å². The van der Waals surface area contributed by atoms with Gasteiger partial charge in [-0.05, 0) is 35.0 Å². The molecule has 1 unspecified atom stereocenters. The Morgan fingerprint density at radius 3 is 2.67 bits per heavy atom. The van der Waals surface area contributed by atoms with Crippen LogP contribution >= 0.6 is 15.9 Å². The van der Waals surface area contributed by atoms with E-state index in [0.29, 0.717) is 4.47 Å². The van der Waals surface area contributed by atoms with Gasteiger partial charge in [0.2, 0.25) is 0 Å². The summed E-state index contributed by atoms with van der Waals surface area (Å²) in [5.74, 6) is -0.672. The zero-order valence-corrected chi connectivity index (χ0v) is 11.0. The minimum atomic E-state index is -4.74. The molecule has 0 saturated heterocycles. The van der Waals surface area contributed by atoms with Crippen LogP contribution in [0.5, 0.6) is 0 Å². The average molecular weight is 326 g/mol. The molecule has 0 fully saturated rings. The summed E-state index contributed by atoms with van der Waals surface area (Å²) in [4.78, 5) is 11.6. The normalized spacial score (nSPS) is 13.2. The fraction of sp³-hybridized carbons (Fsp3) is 0.364. The molecule has 0 aliphatic heterocycles. The molecule has 2 N–H and O–H groups in total. The molecule has 0 aliphatic carbocycles. The summed E-state index contributed by atoms with van der Waals surface area (Å²) < 4.78 is 36.6. The lowest BCUT2D eigenvalue weighted by Crippen LogP contribution is -2.40. The van der Waals surface area contributed by atoms with Crippen molar-refractivity contribution in [3.05, 3.63) is 33.8 Å². The topological polar surface area (TPSA) is 49.3 Å². The molecule has 0 heterocycles. The highest BCUT2D eigenvalue weighted by molar-refractivity contribution is 9.10. The Balaban J connectivity index is 2.69. The Bertz CT molecular complexity index is 448. The SMILES string of the molecule is Cc1ccc(Br)c(C(=O)NCC(O)C(F)(F)F)c1. The van der Waals surface area contributed by atoms with Crippen LogP contribution in [0.3, 0.4) is 0 Å². The van der Waals surface area contributed by atoms with Crippen LogP contribution in [0.1, 0.15) is 15.9 Å². The van der Waals surface area contributed by atoms with E-state index >= 15 is 0 Å². The van der Waals surface area contributed by atoms with Crippen LogP contribution in [0.4, 0.5) is 13.2 Å². The highest BCUT2D eigenvalue weighted by Gasteiger charge is 2.38. The third kappa shape index (κ3) is 3.99. The van der Waals surface area contributed by atoms with Gasteiger partial charge < -0.3 is 10.4 Å². The third-order valence-electron chi connectivity index (χ3n) is 2.20. The number of benzene rings is 1. The summed E-state index contributed by atoms with van der Waals surface area (Å²) in [6.45, 7) is 0.885. The maximum Gasteiger partial charge on any atom is 0.416 e. The first kappa shape index (κ1) is 15.0. The molecule has 0 radical (unpaired) electrons. The number of halogens is 4. The molecule has 18 heavy (non-hydrogen) atoms. The van der Waals surface area contributed by atoms with E-state index in [0.717, 1.165) is 5.56 Å². The van der Waals surface area contributed by atoms with Gasteiger partial charge in [-0.1, -0.05) is 11.6 Å². The molecule has 1 amide bonds. The second-order valence-electron chi connectivity index (χ2n) is 3.75. The van der Waals surface area contributed by atoms with Gasteiger partial charge in [0.05, 0.1) is 12.1 Å². The molecule has 1 aromatic carbocycles. The molecule has 0 bridgehead atoms. The number of carbonyl (C=O) groups excluding carboxylic acids is 1. The number of carbonyl (C=O) groups is 1. The van der Waals surface area contributed by atoms with Gasteiger partial charge in [-0.3, -0.25) is 4.79 Å². The second kappa shape index (κ2) is 5.71. The molecule has 1 aromatic rings. The van der Waals surface area contributed by atoms with Crippen molar-refractivity contribution in [1.29, 1.82) is 0 Å². The fourth-order valence-electron chi connectivity index (χ4n) is 1.21. The summed E-state index contributed by atoms with van der Waals surface area (Å²) in [7, 11) is 0. The molecule has 0 aliphatic rings. The van der Waals surface area contributed by atoms with Crippen molar-refractivity contribution in [3.8, 4) is 0 Å². The number of hydrogen-bond acceptors (Lipinski definition) is 2. The quantitative estimate of drug-likeness (QED) is 0.896. The number of hydrogen-bond donors (Lipinski definition) is 2. The molecule has 0 aromatic heterocycles. The van der Waals surface area contributed by atoms with Crippen molar-refractivity contribution in [2.45, 2.75) is 19.2 Å². The standard InChI is InChI=1S/C11H11BrF3NO2/c1-6-2-3-8(12)7(4-6)10(18)16-5-9(17)11(13,14)15/h2-4,9,17H,5H2,1H3,(H,16,18). The molecule has 1 atom stereocenters. The van der Waals surface area contributed by atoms with Crippen LogP contribution in [-0.4, -0.2) is 29.8 Å². The highest BCUT2D eigenvalue weighted by Crippen LogP contribution is 2.20. The fourth-order valence-corrected chi connectivity index (χ4v) is 1.64. The predicted molar refractivity (Wildman–Crippen MR) is 63.3 cm³/mol. The molecule has 100 valence electrons. The summed E-state index contributed by atoms with van der Waals surface area (Å²) in [6.07, 6.45) is -7.30. The third-order valence-corrected chi connectivity index (χ3v) is 2.89. The van der Waals surface area contributed by atoms with E-state index in [4.69, 9.17) is 5.11 Å². The highest BCUT2D eigenvalue weighted by atomic mass is 79.9. The van der Waals surface area contributed by atoms with E-state index in [2.05, 4.69) is 15.9 Å². The van der Waals surface area contributed by atoms with E-state index in [1.807, 2.05) is 5.32 Å². The Morgan fingerprint density at radius 1 is 1.50 bits per heavy atom. The predicted octanol–water partition coefficient (Wildman–Crippen LogP) is 2.41. The molecule has 7 heteroatoms. The van der Waals surface area contributed by atoms with Gasteiger partial charge >= 0.3 is 6.18 Å². The van der Waals surface area contributed by atoms with Crippen LogP contribution in [0, 0.1) is 6.92 Å². The Morgan fingerprint density at radius 2 is 2.11 bits per heavy atom. The van der Waals surface area contributed by atoms with Crippen molar-refractivity contribution in [3.63, 3.8) is 0 Å². The molecule has 1 rings (SSSR count). The Labute approximate surface area is 110 Å².